The number of hydrogen-bond acceptors (Lipinski definition) is 2. The van der Waals surface area contributed by atoms with Crippen LogP contribution in [-0.4, -0.2) is 30.8 Å². The van der Waals surface area contributed by atoms with Gasteiger partial charge in [0, 0.05) is 24.7 Å². The standard InChI is InChI=1S/C14H22ClN3O/c1-3-16-14(17-8-11(2)10-19)18-9-12-4-6-13(15)7-5-12/h4-7,11,19H,3,8-10H2,1-2H3,(H2,16,17,18). The zero-order chi connectivity index (χ0) is 14.1. The Morgan fingerprint density at radius 1 is 1.32 bits per heavy atom. The molecule has 0 amide bonds. The highest BCUT2D eigenvalue weighted by Gasteiger charge is 2.02. The molecule has 106 valence electrons. The molecular weight excluding hydrogens is 262 g/mol. The summed E-state index contributed by atoms with van der Waals surface area (Å²) in [5.41, 5.74) is 1.11. The van der Waals surface area contributed by atoms with E-state index in [4.69, 9.17) is 16.7 Å². The third-order valence-corrected chi connectivity index (χ3v) is 2.86. The summed E-state index contributed by atoms with van der Waals surface area (Å²) in [6.07, 6.45) is 0. The van der Waals surface area contributed by atoms with Crippen LogP contribution in [0.15, 0.2) is 29.3 Å². The summed E-state index contributed by atoms with van der Waals surface area (Å²) in [7, 11) is 0. The lowest BCUT2D eigenvalue weighted by Crippen LogP contribution is -2.39. The molecular formula is C14H22ClN3O. The molecule has 0 aliphatic rings. The van der Waals surface area contributed by atoms with Gasteiger partial charge in [-0.25, -0.2) is 4.99 Å². The molecule has 0 aliphatic carbocycles. The molecule has 1 atom stereocenters. The van der Waals surface area contributed by atoms with Gasteiger partial charge >= 0.3 is 0 Å². The van der Waals surface area contributed by atoms with E-state index in [0.29, 0.717) is 13.1 Å². The molecule has 1 unspecified atom stereocenters. The minimum absolute atomic E-state index is 0.170. The van der Waals surface area contributed by atoms with Crippen molar-refractivity contribution in [2.75, 3.05) is 19.7 Å². The molecule has 0 aromatic heterocycles. The zero-order valence-corrected chi connectivity index (χ0v) is 12.2. The van der Waals surface area contributed by atoms with E-state index in [-0.39, 0.29) is 12.5 Å². The van der Waals surface area contributed by atoms with Gasteiger partial charge in [0.25, 0.3) is 0 Å². The topological polar surface area (TPSA) is 56.7 Å². The molecule has 3 N–H and O–H groups in total. The van der Waals surface area contributed by atoms with Crippen molar-refractivity contribution in [3.05, 3.63) is 34.9 Å². The molecule has 19 heavy (non-hydrogen) atoms. The molecule has 0 saturated heterocycles. The second-order valence-electron chi connectivity index (χ2n) is 4.49. The largest absolute Gasteiger partial charge is 0.396 e. The average molecular weight is 284 g/mol. The maximum Gasteiger partial charge on any atom is 0.191 e. The van der Waals surface area contributed by atoms with Gasteiger partial charge in [-0.3, -0.25) is 0 Å². The minimum Gasteiger partial charge on any atom is -0.396 e. The van der Waals surface area contributed by atoms with Gasteiger partial charge in [-0.1, -0.05) is 30.7 Å². The number of halogens is 1. The fraction of sp³-hybridized carbons (Fsp3) is 0.500. The molecule has 0 aliphatic heterocycles. The van der Waals surface area contributed by atoms with Crippen molar-refractivity contribution >= 4 is 17.6 Å². The highest BCUT2D eigenvalue weighted by Crippen LogP contribution is 2.10. The summed E-state index contributed by atoms with van der Waals surface area (Å²) in [5.74, 6) is 0.970. The predicted octanol–water partition coefficient (Wildman–Crippen LogP) is 2.02. The van der Waals surface area contributed by atoms with Gasteiger partial charge in [0.2, 0.25) is 0 Å². The van der Waals surface area contributed by atoms with Crippen LogP contribution in [0, 0.1) is 5.92 Å². The lowest BCUT2D eigenvalue weighted by molar-refractivity contribution is 0.238. The summed E-state index contributed by atoms with van der Waals surface area (Å²) < 4.78 is 0. The normalized spacial score (nSPS) is 13.2. The average Bonchev–Trinajstić information content (AvgIpc) is 2.43. The van der Waals surface area contributed by atoms with Crippen LogP contribution in [0.25, 0.3) is 0 Å². The summed E-state index contributed by atoms with van der Waals surface area (Å²) >= 11 is 5.84. The number of nitrogens with one attached hydrogen (secondary N) is 2. The van der Waals surface area contributed by atoms with Crippen molar-refractivity contribution in [2.24, 2.45) is 10.9 Å². The Bertz CT molecular complexity index is 392. The van der Waals surface area contributed by atoms with Crippen LogP contribution in [0.1, 0.15) is 19.4 Å². The second kappa shape index (κ2) is 8.77. The van der Waals surface area contributed by atoms with E-state index in [1.54, 1.807) is 0 Å². The molecule has 0 spiro atoms. The molecule has 1 aromatic carbocycles. The van der Waals surface area contributed by atoms with E-state index < -0.39 is 0 Å². The Morgan fingerprint density at radius 3 is 2.58 bits per heavy atom. The van der Waals surface area contributed by atoms with Crippen molar-refractivity contribution in [1.82, 2.24) is 10.6 Å². The quantitative estimate of drug-likeness (QED) is 0.553. The number of nitrogens with zero attached hydrogens (tertiary/aromatic N) is 1. The molecule has 0 heterocycles. The summed E-state index contributed by atoms with van der Waals surface area (Å²) in [5, 5.41) is 16.1. The maximum absolute atomic E-state index is 9.00. The van der Waals surface area contributed by atoms with Crippen molar-refractivity contribution in [3.63, 3.8) is 0 Å². The number of aliphatic imine (C=N–C) groups is 1. The van der Waals surface area contributed by atoms with Crippen molar-refractivity contribution in [3.8, 4) is 0 Å². The molecule has 1 aromatic rings. The fourth-order valence-corrected chi connectivity index (χ4v) is 1.56. The van der Waals surface area contributed by atoms with Crippen molar-refractivity contribution in [2.45, 2.75) is 20.4 Å². The summed E-state index contributed by atoms with van der Waals surface area (Å²) in [6.45, 7) is 6.28. The Morgan fingerprint density at radius 2 is 2.00 bits per heavy atom. The summed E-state index contributed by atoms with van der Waals surface area (Å²) in [6, 6.07) is 7.65. The number of rotatable bonds is 6. The first-order chi connectivity index (χ1) is 9.15. The second-order valence-corrected chi connectivity index (χ2v) is 4.93. The Hall–Kier alpha value is -1.26. The van der Waals surface area contributed by atoms with Crippen LogP contribution in [0.5, 0.6) is 0 Å². The van der Waals surface area contributed by atoms with E-state index in [0.717, 1.165) is 23.1 Å². The SMILES string of the molecule is CCNC(=NCc1ccc(Cl)cc1)NCC(C)CO. The lowest BCUT2D eigenvalue weighted by Gasteiger charge is -2.14. The van der Waals surface area contributed by atoms with E-state index in [1.807, 2.05) is 38.1 Å². The third-order valence-electron chi connectivity index (χ3n) is 2.61. The van der Waals surface area contributed by atoms with Crippen LogP contribution in [0.4, 0.5) is 0 Å². The summed E-state index contributed by atoms with van der Waals surface area (Å²) in [4.78, 5) is 4.49. The van der Waals surface area contributed by atoms with E-state index >= 15 is 0 Å². The molecule has 0 radical (unpaired) electrons. The molecule has 5 heteroatoms. The van der Waals surface area contributed by atoms with Gasteiger partial charge in [0.1, 0.15) is 0 Å². The van der Waals surface area contributed by atoms with Gasteiger partial charge in [-0.05, 0) is 30.5 Å². The highest BCUT2D eigenvalue weighted by molar-refractivity contribution is 6.30. The third kappa shape index (κ3) is 6.45. The maximum atomic E-state index is 9.00. The van der Waals surface area contributed by atoms with Crippen LogP contribution in [-0.2, 0) is 6.54 Å². The molecule has 0 fully saturated rings. The highest BCUT2D eigenvalue weighted by atomic mass is 35.5. The minimum atomic E-state index is 0.170. The van der Waals surface area contributed by atoms with Gasteiger partial charge in [0.05, 0.1) is 6.54 Å². The molecule has 0 saturated carbocycles. The molecule has 4 nitrogen and oxygen atoms in total. The smallest absolute Gasteiger partial charge is 0.191 e. The predicted molar refractivity (Wildman–Crippen MR) is 80.5 cm³/mol. The van der Waals surface area contributed by atoms with Crippen LogP contribution in [0.3, 0.4) is 0 Å². The van der Waals surface area contributed by atoms with Gasteiger partial charge < -0.3 is 15.7 Å². The monoisotopic (exact) mass is 283 g/mol. The Labute approximate surface area is 119 Å². The number of aliphatic hydroxyl groups is 1. The van der Waals surface area contributed by atoms with E-state index in [9.17, 15) is 0 Å². The van der Waals surface area contributed by atoms with Gasteiger partial charge in [-0.2, -0.15) is 0 Å². The molecule has 1 rings (SSSR count). The molecule has 0 bridgehead atoms. The fourth-order valence-electron chi connectivity index (χ4n) is 1.44. The van der Waals surface area contributed by atoms with E-state index in [1.165, 1.54) is 0 Å². The van der Waals surface area contributed by atoms with Crippen molar-refractivity contribution in [1.29, 1.82) is 0 Å². The first kappa shape index (κ1) is 15.8. The zero-order valence-electron chi connectivity index (χ0n) is 11.5. The van der Waals surface area contributed by atoms with Crippen LogP contribution in [0.2, 0.25) is 5.02 Å². The number of benzene rings is 1. The number of aliphatic hydroxyl groups excluding tert-OH is 1. The Balaban J connectivity index is 2.54. The first-order valence-corrected chi connectivity index (χ1v) is 6.91. The van der Waals surface area contributed by atoms with Crippen molar-refractivity contribution < 1.29 is 5.11 Å². The van der Waals surface area contributed by atoms with E-state index in [2.05, 4.69) is 15.6 Å². The van der Waals surface area contributed by atoms with Gasteiger partial charge in [-0.15, -0.1) is 0 Å². The number of guanidine groups is 1. The lowest BCUT2D eigenvalue weighted by atomic mass is 10.2. The first-order valence-electron chi connectivity index (χ1n) is 6.53. The Kier molecular flexibility index (Phi) is 7.30. The van der Waals surface area contributed by atoms with Gasteiger partial charge in [0.15, 0.2) is 5.96 Å². The van der Waals surface area contributed by atoms with Crippen LogP contribution < -0.4 is 10.6 Å². The van der Waals surface area contributed by atoms with Crippen LogP contribution >= 0.6 is 11.6 Å². The number of hydrogen-bond donors (Lipinski definition) is 3.